The predicted octanol–water partition coefficient (Wildman–Crippen LogP) is 1.44. The molecule has 1 N–H and O–H groups in total. The van der Waals surface area contributed by atoms with Crippen LogP contribution < -0.4 is 5.32 Å². The van der Waals surface area contributed by atoms with Crippen LogP contribution in [0.25, 0.3) is 0 Å². The summed E-state index contributed by atoms with van der Waals surface area (Å²) in [5.74, 6) is -0.114. The van der Waals surface area contributed by atoms with E-state index in [4.69, 9.17) is 4.74 Å². The fourth-order valence-corrected chi connectivity index (χ4v) is 3.30. The van der Waals surface area contributed by atoms with Gasteiger partial charge in [-0.1, -0.05) is 0 Å². The molecule has 6 heteroatoms. The third kappa shape index (κ3) is 3.02. The maximum Gasteiger partial charge on any atom is 0.254 e. The van der Waals surface area contributed by atoms with Crippen molar-refractivity contribution in [2.24, 2.45) is 0 Å². The number of hydrogen-bond acceptors (Lipinski definition) is 4. The first-order chi connectivity index (χ1) is 9.74. The molecule has 2 aliphatic rings. The zero-order chi connectivity index (χ0) is 13.9. The average Bonchev–Trinajstić information content (AvgIpc) is 2.92. The lowest BCUT2D eigenvalue weighted by Gasteiger charge is -2.35. The zero-order valence-corrected chi connectivity index (χ0v) is 12.8. The van der Waals surface area contributed by atoms with Crippen molar-refractivity contribution in [3.63, 3.8) is 0 Å². The molecule has 2 saturated heterocycles. The second-order valence-corrected chi connectivity index (χ2v) is 6.05. The second-order valence-electron chi connectivity index (χ2n) is 5.30. The van der Waals surface area contributed by atoms with Gasteiger partial charge in [-0.2, -0.15) is 0 Å². The van der Waals surface area contributed by atoms with Crippen LogP contribution in [0.4, 0.5) is 0 Å². The fraction of sp³-hybridized carbons (Fsp3) is 0.571. The molecule has 20 heavy (non-hydrogen) atoms. The molecular weight excluding hydrogens is 322 g/mol. The number of halogens is 1. The highest BCUT2D eigenvalue weighted by molar-refractivity contribution is 9.10. The van der Waals surface area contributed by atoms with Crippen molar-refractivity contribution in [1.29, 1.82) is 0 Å². The summed E-state index contributed by atoms with van der Waals surface area (Å²) in [4.78, 5) is 18.6. The number of nitrogens with zero attached hydrogens (tertiary/aromatic N) is 2. The summed E-state index contributed by atoms with van der Waals surface area (Å²) in [6.45, 7) is 3.41. The molecule has 2 aliphatic heterocycles. The molecule has 2 atom stereocenters. The molecule has 0 radical (unpaired) electrons. The number of carbonyl (C=O) groups excluding carboxylic acids is 1. The van der Waals surface area contributed by atoms with E-state index in [1.54, 1.807) is 18.3 Å². The van der Waals surface area contributed by atoms with E-state index in [2.05, 4.69) is 31.1 Å². The molecule has 0 bridgehead atoms. The Morgan fingerprint density at radius 2 is 2.50 bits per heavy atom. The third-order valence-corrected chi connectivity index (χ3v) is 4.59. The van der Waals surface area contributed by atoms with E-state index in [-0.39, 0.29) is 12.0 Å². The molecule has 0 saturated carbocycles. The molecule has 1 amide bonds. The normalized spacial score (nSPS) is 26.2. The number of fused-ring (bicyclic) bond motifs is 1. The Kier molecular flexibility index (Phi) is 4.33. The number of aromatic nitrogens is 1. The van der Waals surface area contributed by atoms with Gasteiger partial charge in [-0.15, -0.1) is 0 Å². The van der Waals surface area contributed by atoms with E-state index in [0.717, 1.165) is 19.7 Å². The highest BCUT2D eigenvalue weighted by Gasteiger charge is 2.32. The van der Waals surface area contributed by atoms with Gasteiger partial charge in [-0.3, -0.25) is 9.69 Å². The Hall–Kier alpha value is -0.980. The summed E-state index contributed by atoms with van der Waals surface area (Å²) in [6, 6.07) is 4.10. The largest absolute Gasteiger partial charge is 0.373 e. The van der Waals surface area contributed by atoms with Crippen molar-refractivity contribution in [2.75, 3.05) is 26.2 Å². The van der Waals surface area contributed by atoms with Crippen LogP contribution in [0.1, 0.15) is 23.2 Å². The van der Waals surface area contributed by atoms with Crippen LogP contribution in [0.5, 0.6) is 0 Å². The molecular formula is C14H18BrN3O2. The summed E-state index contributed by atoms with van der Waals surface area (Å²) in [5.41, 5.74) is 0.558. The highest BCUT2D eigenvalue weighted by Crippen LogP contribution is 2.22. The van der Waals surface area contributed by atoms with E-state index >= 15 is 0 Å². The number of rotatable bonds is 3. The minimum absolute atomic E-state index is 0.0868. The highest BCUT2D eigenvalue weighted by atomic mass is 79.9. The molecule has 2 fully saturated rings. The number of pyridine rings is 1. The van der Waals surface area contributed by atoms with Crippen molar-refractivity contribution in [2.45, 2.75) is 25.0 Å². The van der Waals surface area contributed by atoms with Crippen molar-refractivity contribution >= 4 is 21.8 Å². The van der Waals surface area contributed by atoms with Crippen molar-refractivity contribution in [3.05, 3.63) is 28.5 Å². The molecule has 1 aromatic heterocycles. The van der Waals surface area contributed by atoms with Crippen LogP contribution >= 0.6 is 15.9 Å². The Morgan fingerprint density at radius 3 is 3.35 bits per heavy atom. The Labute approximate surface area is 126 Å². The molecule has 0 aromatic carbocycles. The number of nitrogens with one attached hydrogen (secondary N) is 1. The van der Waals surface area contributed by atoms with Gasteiger partial charge in [0.05, 0.1) is 18.3 Å². The topological polar surface area (TPSA) is 54.5 Å². The number of ether oxygens (including phenoxy) is 1. The van der Waals surface area contributed by atoms with Gasteiger partial charge in [0.15, 0.2) is 0 Å². The van der Waals surface area contributed by atoms with Gasteiger partial charge in [-0.05, 0) is 47.4 Å². The molecule has 3 rings (SSSR count). The minimum atomic E-state index is -0.114. The SMILES string of the molecule is O=C(NCC1CN2CCCC2CO1)c1cccnc1Br. The van der Waals surface area contributed by atoms with Crippen LogP contribution in [-0.2, 0) is 4.74 Å². The van der Waals surface area contributed by atoms with Gasteiger partial charge in [0.25, 0.3) is 5.91 Å². The monoisotopic (exact) mass is 339 g/mol. The number of carbonyl (C=O) groups is 1. The second kappa shape index (κ2) is 6.20. The summed E-state index contributed by atoms with van der Waals surface area (Å²) >= 11 is 3.29. The first-order valence-electron chi connectivity index (χ1n) is 6.98. The number of amides is 1. The number of morpholine rings is 1. The maximum absolute atomic E-state index is 12.1. The van der Waals surface area contributed by atoms with Crippen LogP contribution in [0.3, 0.4) is 0 Å². The first kappa shape index (κ1) is 14.0. The quantitative estimate of drug-likeness (QED) is 0.846. The van der Waals surface area contributed by atoms with Crippen molar-refractivity contribution in [3.8, 4) is 0 Å². The van der Waals surface area contributed by atoms with Gasteiger partial charge in [0.1, 0.15) is 4.60 Å². The van der Waals surface area contributed by atoms with Crippen LogP contribution in [0.15, 0.2) is 22.9 Å². The van der Waals surface area contributed by atoms with E-state index < -0.39 is 0 Å². The van der Waals surface area contributed by atoms with Gasteiger partial charge in [0.2, 0.25) is 0 Å². The van der Waals surface area contributed by atoms with E-state index in [1.807, 2.05) is 0 Å². The molecule has 0 spiro atoms. The zero-order valence-electron chi connectivity index (χ0n) is 11.2. The number of hydrogen-bond donors (Lipinski definition) is 1. The molecule has 108 valence electrons. The molecule has 1 aromatic rings. The fourth-order valence-electron chi connectivity index (χ4n) is 2.87. The van der Waals surface area contributed by atoms with Crippen molar-refractivity contribution in [1.82, 2.24) is 15.2 Å². The van der Waals surface area contributed by atoms with Gasteiger partial charge in [-0.25, -0.2) is 4.98 Å². The lowest BCUT2D eigenvalue weighted by Crippen LogP contribution is -2.50. The third-order valence-electron chi connectivity index (χ3n) is 3.96. The lowest BCUT2D eigenvalue weighted by molar-refractivity contribution is -0.0461. The van der Waals surface area contributed by atoms with E-state index in [1.165, 1.54) is 12.8 Å². The summed E-state index contributed by atoms with van der Waals surface area (Å²) < 4.78 is 6.40. The molecule has 2 unspecified atom stereocenters. The average molecular weight is 340 g/mol. The summed E-state index contributed by atoms with van der Waals surface area (Å²) in [7, 11) is 0. The van der Waals surface area contributed by atoms with Crippen LogP contribution in [-0.4, -0.2) is 54.2 Å². The van der Waals surface area contributed by atoms with E-state index in [0.29, 0.717) is 22.8 Å². The minimum Gasteiger partial charge on any atom is -0.373 e. The summed E-state index contributed by atoms with van der Waals surface area (Å²) in [5, 5.41) is 2.93. The van der Waals surface area contributed by atoms with E-state index in [9.17, 15) is 4.79 Å². The standard InChI is InChI=1S/C14H18BrN3O2/c15-13-12(4-1-5-16-13)14(19)17-7-11-8-18-6-2-3-10(18)9-20-11/h1,4-5,10-11H,2-3,6-9H2,(H,17,19). The Bertz CT molecular complexity index is 497. The van der Waals surface area contributed by atoms with Gasteiger partial charge in [0, 0.05) is 25.3 Å². The smallest absolute Gasteiger partial charge is 0.254 e. The molecule has 3 heterocycles. The molecule has 5 nitrogen and oxygen atoms in total. The summed E-state index contributed by atoms with van der Waals surface area (Å²) in [6.07, 6.45) is 4.24. The Balaban J connectivity index is 1.52. The Morgan fingerprint density at radius 1 is 1.60 bits per heavy atom. The molecule has 0 aliphatic carbocycles. The van der Waals surface area contributed by atoms with Gasteiger partial charge < -0.3 is 10.1 Å². The van der Waals surface area contributed by atoms with Crippen LogP contribution in [0, 0.1) is 0 Å². The maximum atomic E-state index is 12.1. The first-order valence-corrected chi connectivity index (χ1v) is 7.77. The van der Waals surface area contributed by atoms with Crippen LogP contribution in [0.2, 0.25) is 0 Å². The van der Waals surface area contributed by atoms with Crippen molar-refractivity contribution < 1.29 is 9.53 Å². The lowest BCUT2D eigenvalue weighted by atomic mass is 10.2. The van der Waals surface area contributed by atoms with Gasteiger partial charge >= 0.3 is 0 Å². The predicted molar refractivity (Wildman–Crippen MR) is 78.6 cm³/mol.